The van der Waals surface area contributed by atoms with Crippen molar-refractivity contribution in [2.24, 2.45) is 0 Å². The van der Waals surface area contributed by atoms with Crippen molar-refractivity contribution in [2.75, 3.05) is 18.2 Å². The van der Waals surface area contributed by atoms with Crippen molar-refractivity contribution in [1.29, 1.82) is 0 Å². The Labute approximate surface area is 271 Å². The number of amides is 1. The Bertz CT molecular complexity index is 1960. The maximum Gasteiger partial charge on any atom is 0.270 e. The monoisotopic (exact) mass is 654 g/mol. The van der Waals surface area contributed by atoms with Crippen molar-refractivity contribution in [3.8, 4) is 17.1 Å². The molecule has 0 atom stereocenters. The molecule has 0 spiro atoms. The third kappa shape index (κ3) is 7.33. The van der Waals surface area contributed by atoms with E-state index in [1.54, 1.807) is 13.2 Å². The first-order valence-electron chi connectivity index (χ1n) is 13.8. The van der Waals surface area contributed by atoms with Crippen LogP contribution in [0.4, 0.5) is 11.4 Å². The molecular weight excluding hydrogens is 629 g/mol. The summed E-state index contributed by atoms with van der Waals surface area (Å²) in [5.74, 6) is 1.80. The number of thioether (sulfide) groups is 2. The molecule has 0 bridgehead atoms. The number of nitrogens with one attached hydrogen (secondary N) is 1. The number of nitrogens with zero attached hydrogens (tertiary/aromatic N) is 5. The van der Waals surface area contributed by atoms with Crippen LogP contribution in [0.5, 0.6) is 5.75 Å². The molecule has 0 fully saturated rings. The van der Waals surface area contributed by atoms with E-state index in [1.165, 1.54) is 47.0 Å². The Morgan fingerprint density at radius 3 is 2.51 bits per heavy atom. The third-order valence-corrected chi connectivity index (χ3v) is 9.92. The maximum atomic E-state index is 13.0. The van der Waals surface area contributed by atoms with Crippen LogP contribution in [0.25, 0.3) is 21.6 Å². The quantitative estimate of drug-likeness (QED) is 0.0809. The number of anilines is 1. The van der Waals surface area contributed by atoms with Crippen LogP contribution in [0.2, 0.25) is 0 Å². The highest BCUT2D eigenvalue weighted by molar-refractivity contribution is 8.00. The third-order valence-electron chi connectivity index (χ3n) is 6.74. The molecule has 6 rings (SSSR count). The van der Waals surface area contributed by atoms with Gasteiger partial charge in [-0.25, -0.2) is 4.98 Å². The molecule has 0 saturated heterocycles. The van der Waals surface area contributed by atoms with Crippen molar-refractivity contribution in [2.45, 2.75) is 21.8 Å². The largest absolute Gasteiger partial charge is 0.496 e. The van der Waals surface area contributed by atoms with Gasteiger partial charge in [-0.05, 0) is 29.8 Å². The number of nitro groups is 1. The van der Waals surface area contributed by atoms with E-state index in [-0.39, 0.29) is 17.3 Å². The van der Waals surface area contributed by atoms with Crippen LogP contribution in [0.1, 0.15) is 11.1 Å². The number of non-ortho nitro benzene ring substituents is 1. The lowest BCUT2D eigenvalue weighted by molar-refractivity contribution is -0.384. The molecule has 0 saturated carbocycles. The minimum atomic E-state index is -0.419. The van der Waals surface area contributed by atoms with Gasteiger partial charge in [-0.15, -0.1) is 21.5 Å². The van der Waals surface area contributed by atoms with Crippen LogP contribution >= 0.6 is 34.9 Å². The molecule has 10 nitrogen and oxygen atoms in total. The SMILES string of the molecule is COc1ccc([N+](=O)[O-])cc1CSc1nc2ccc(NC(=O)CSc3nnc(-c4ccccc4)n3Cc3ccccc3)cc2s1. The fourth-order valence-electron chi connectivity index (χ4n) is 4.61. The van der Waals surface area contributed by atoms with Gasteiger partial charge in [-0.1, -0.05) is 84.2 Å². The molecule has 6 aromatic rings. The van der Waals surface area contributed by atoms with Crippen LogP contribution in [0.15, 0.2) is 107 Å². The standard InChI is InChI=1S/C32H26N6O4S3/c1-42-27-15-13-25(38(40)41)16-23(27)19-44-32-34-26-14-12-24(17-28(26)45-32)33-29(39)20-43-31-36-35-30(22-10-6-3-7-11-22)37(31)18-21-8-4-2-5-9-21/h2-17H,18-20H2,1H3,(H,33,39). The summed E-state index contributed by atoms with van der Waals surface area (Å²) >= 11 is 4.31. The molecule has 0 unspecified atom stereocenters. The van der Waals surface area contributed by atoms with Gasteiger partial charge < -0.3 is 10.1 Å². The van der Waals surface area contributed by atoms with Crippen molar-refractivity contribution in [3.63, 3.8) is 0 Å². The van der Waals surface area contributed by atoms with E-state index in [0.717, 1.165) is 37.1 Å². The maximum absolute atomic E-state index is 13.0. The number of methoxy groups -OCH3 is 1. The zero-order valence-electron chi connectivity index (χ0n) is 24.0. The molecule has 2 heterocycles. The van der Waals surface area contributed by atoms with E-state index in [4.69, 9.17) is 4.74 Å². The molecular formula is C32H26N6O4S3. The molecule has 226 valence electrons. The molecule has 0 radical (unpaired) electrons. The van der Waals surface area contributed by atoms with Crippen molar-refractivity contribution in [1.82, 2.24) is 19.7 Å². The zero-order chi connectivity index (χ0) is 31.2. The highest BCUT2D eigenvalue weighted by Crippen LogP contribution is 2.36. The minimum absolute atomic E-state index is 0.0160. The van der Waals surface area contributed by atoms with Gasteiger partial charge in [0.2, 0.25) is 5.91 Å². The number of rotatable bonds is 12. The van der Waals surface area contributed by atoms with Gasteiger partial charge in [0.25, 0.3) is 5.69 Å². The number of ether oxygens (including phenoxy) is 1. The Morgan fingerprint density at radius 2 is 1.76 bits per heavy atom. The normalized spacial score (nSPS) is 11.0. The van der Waals surface area contributed by atoms with Crippen LogP contribution < -0.4 is 10.1 Å². The Hall–Kier alpha value is -4.72. The molecule has 2 aromatic heterocycles. The van der Waals surface area contributed by atoms with Gasteiger partial charge in [-0.3, -0.25) is 19.5 Å². The van der Waals surface area contributed by atoms with E-state index in [2.05, 4.69) is 32.6 Å². The topological polar surface area (TPSA) is 125 Å². The fourth-order valence-corrected chi connectivity index (χ4v) is 7.43. The van der Waals surface area contributed by atoms with E-state index in [1.807, 2.05) is 71.3 Å². The first-order valence-corrected chi connectivity index (χ1v) is 16.6. The summed E-state index contributed by atoms with van der Waals surface area (Å²) in [6.07, 6.45) is 0. The number of carbonyl (C=O) groups is 1. The van der Waals surface area contributed by atoms with E-state index in [9.17, 15) is 14.9 Å². The summed E-state index contributed by atoms with van der Waals surface area (Å²) in [6.45, 7) is 0.582. The molecule has 0 aliphatic carbocycles. The number of hydrogen-bond donors (Lipinski definition) is 1. The molecule has 45 heavy (non-hydrogen) atoms. The second kappa shape index (κ2) is 13.9. The molecule has 1 N–H and O–H groups in total. The fraction of sp³-hybridized carbons (Fsp3) is 0.125. The van der Waals surface area contributed by atoms with Gasteiger partial charge in [0, 0.05) is 34.7 Å². The Balaban J connectivity index is 1.12. The number of fused-ring (bicyclic) bond motifs is 1. The lowest BCUT2D eigenvalue weighted by Crippen LogP contribution is -2.14. The first kappa shape index (κ1) is 30.3. The number of carbonyl (C=O) groups excluding carboxylic acids is 1. The average molecular weight is 655 g/mol. The molecule has 1 amide bonds. The summed E-state index contributed by atoms with van der Waals surface area (Å²) in [7, 11) is 1.54. The second-order valence-electron chi connectivity index (χ2n) is 9.79. The van der Waals surface area contributed by atoms with Gasteiger partial charge in [0.05, 0.1) is 34.5 Å². The number of thiazole rings is 1. The summed E-state index contributed by atoms with van der Waals surface area (Å²) in [4.78, 5) is 28.5. The predicted octanol–water partition coefficient (Wildman–Crippen LogP) is 7.54. The summed E-state index contributed by atoms with van der Waals surface area (Å²) < 4.78 is 9.15. The van der Waals surface area contributed by atoms with Crippen molar-refractivity contribution in [3.05, 3.63) is 118 Å². The van der Waals surface area contributed by atoms with Gasteiger partial charge >= 0.3 is 0 Å². The van der Waals surface area contributed by atoms with Gasteiger partial charge in [-0.2, -0.15) is 0 Å². The Kier molecular flexibility index (Phi) is 9.38. The van der Waals surface area contributed by atoms with E-state index in [0.29, 0.717) is 28.9 Å². The highest BCUT2D eigenvalue weighted by atomic mass is 32.2. The Morgan fingerprint density at radius 1 is 0.978 bits per heavy atom. The summed E-state index contributed by atoms with van der Waals surface area (Å²) in [5.41, 5.74) is 4.28. The average Bonchev–Trinajstić information content (AvgIpc) is 3.66. The number of hydrogen-bond acceptors (Lipinski definition) is 10. The molecule has 13 heteroatoms. The van der Waals surface area contributed by atoms with Crippen LogP contribution in [0.3, 0.4) is 0 Å². The van der Waals surface area contributed by atoms with Crippen molar-refractivity contribution >= 4 is 62.4 Å². The smallest absolute Gasteiger partial charge is 0.270 e. The van der Waals surface area contributed by atoms with Crippen LogP contribution in [-0.4, -0.2) is 43.4 Å². The molecule has 0 aliphatic rings. The van der Waals surface area contributed by atoms with Crippen molar-refractivity contribution < 1.29 is 14.5 Å². The van der Waals surface area contributed by atoms with Crippen LogP contribution in [-0.2, 0) is 17.1 Å². The molecule has 4 aromatic carbocycles. The number of aromatic nitrogens is 4. The van der Waals surface area contributed by atoms with E-state index >= 15 is 0 Å². The number of nitro benzene ring substituents is 1. The summed E-state index contributed by atoms with van der Waals surface area (Å²) in [5, 5.41) is 23.7. The van der Waals surface area contributed by atoms with E-state index < -0.39 is 4.92 Å². The minimum Gasteiger partial charge on any atom is -0.496 e. The number of benzene rings is 4. The lowest BCUT2D eigenvalue weighted by atomic mass is 10.2. The predicted molar refractivity (Wildman–Crippen MR) is 179 cm³/mol. The lowest BCUT2D eigenvalue weighted by Gasteiger charge is -2.11. The summed E-state index contributed by atoms with van der Waals surface area (Å²) in [6, 6.07) is 30.1. The zero-order valence-corrected chi connectivity index (χ0v) is 26.4. The van der Waals surface area contributed by atoms with Crippen LogP contribution in [0, 0.1) is 10.1 Å². The highest BCUT2D eigenvalue weighted by Gasteiger charge is 2.17. The van der Waals surface area contributed by atoms with Gasteiger partial charge in [0.1, 0.15) is 5.75 Å². The second-order valence-corrected chi connectivity index (χ2v) is 13.0. The van der Waals surface area contributed by atoms with Gasteiger partial charge in [0.15, 0.2) is 15.3 Å². The first-order chi connectivity index (χ1) is 22.0. The molecule has 0 aliphatic heterocycles.